The third-order valence-electron chi connectivity index (χ3n) is 4.31. The second-order valence-electron chi connectivity index (χ2n) is 5.80. The van der Waals surface area contributed by atoms with Gasteiger partial charge in [0.2, 0.25) is 0 Å². The first-order chi connectivity index (χ1) is 11.1. The zero-order valence-electron chi connectivity index (χ0n) is 13.2. The van der Waals surface area contributed by atoms with E-state index in [4.69, 9.17) is 4.74 Å². The fourth-order valence-corrected chi connectivity index (χ4v) is 3.69. The molecule has 1 unspecified atom stereocenters. The SMILES string of the molecule is CC(C(=O)N1C(=[Se])O[C@@H](c2ccccc2)[C@H]1C)c1ccccc1. The molecule has 1 heterocycles. The van der Waals surface area contributed by atoms with Crippen LogP contribution in [0.2, 0.25) is 0 Å². The minimum atomic E-state index is -0.208. The van der Waals surface area contributed by atoms with Crippen molar-refractivity contribution in [3.63, 3.8) is 0 Å². The van der Waals surface area contributed by atoms with Crippen molar-refractivity contribution in [1.82, 2.24) is 4.90 Å². The molecule has 2 aromatic rings. The van der Waals surface area contributed by atoms with Crippen LogP contribution in [0.5, 0.6) is 0 Å². The van der Waals surface area contributed by atoms with E-state index in [1.807, 2.05) is 74.5 Å². The molecule has 4 heteroatoms. The molecule has 118 valence electrons. The van der Waals surface area contributed by atoms with Crippen molar-refractivity contribution in [3.05, 3.63) is 71.8 Å². The summed E-state index contributed by atoms with van der Waals surface area (Å²) in [6, 6.07) is 19.8. The fraction of sp³-hybridized carbons (Fsp3) is 0.263. The van der Waals surface area contributed by atoms with E-state index in [1.54, 1.807) is 4.90 Å². The average molecular weight is 372 g/mol. The quantitative estimate of drug-likeness (QED) is 0.776. The number of benzene rings is 2. The van der Waals surface area contributed by atoms with Crippen LogP contribution in [0.15, 0.2) is 60.7 Å². The van der Waals surface area contributed by atoms with E-state index >= 15 is 0 Å². The summed E-state index contributed by atoms with van der Waals surface area (Å²) in [6.45, 7) is 3.96. The van der Waals surface area contributed by atoms with Crippen LogP contribution >= 0.6 is 0 Å². The molecular formula is C19H19NO2Se. The zero-order valence-corrected chi connectivity index (χ0v) is 14.9. The van der Waals surface area contributed by atoms with E-state index in [2.05, 4.69) is 15.6 Å². The Labute approximate surface area is 144 Å². The topological polar surface area (TPSA) is 29.5 Å². The van der Waals surface area contributed by atoms with Gasteiger partial charge in [-0.15, -0.1) is 0 Å². The summed E-state index contributed by atoms with van der Waals surface area (Å²) >= 11 is 2.91. The molecule has 0 aliphatic carbocycles. The van der Waals surface area contributed by atoms with Crippen LogP contribution in [0.4, 0.5) is 0 Å². The molecule has 0 bridgehead atoms. The molecule has 0 saturated carbocycles. The van der Waals surface area contributed by atoms with Crippen LogP contribution < -0.4 is 0 Å². The van der Waals surface area contributed by atoms with Gasteiger partial charge in [0.1, 0.15) is 0 Å². The number of nitrogens with zero attached hydrogens (tertiary/aromatic N) is 1. The van der Waals surface area contributed by atoms with Gasteiger partial charge in [-0.2, -0.15) is 0 Å². The van der Waals surface area contributed by atoms with Gasteiger partial charge in [-0.25, -0.2) is 0 Å². The van der Waals surface area contributed by atoms with Crippen LogP contribution in [-0.4, -0.2) is 37.2 Å². The monoisotopic (exact) mass is 373 g/mol. The third kappa shape index (κ3) is 3.10. The van der Waals surface area contributed by atoms with Crippen molar-refractivity contribution in [2.45, 2.75) is 31.9 Å². The molecule has 2 aromatic carbocycles. The fourth-order valence-electron chi connectivity index (χ4n) is 2.94. The molecule has 3 atom stereocenters. The van der Waals surface area contributed by atoms with Crippen LogP contribution in [0.3, 0.4) is 0 Å². The van der Waals surface area contributed by atoms with Gasteiger partial charge in [-0.05, 0) is 0 Å². The van der Waals surface area contributed by atoms with Gasteiger partial charge in [0.05, 0.1) is 0 Å². The molecule has 23 heavy (non-hydrogen) atoms. The van der Waals surface area contributed by atoms with Gasteiger partial charge in [0.15, 0.2) is 0 Å². The van der Waals surface area contributed by atoms with Gasteiger partial charge >= 0.3 is 144 Å². The summed E-state index contributed by atoms with van der Waals surface area (Å²) in [4.78, 5) is 14.7. The number of amides is 1. The summed E-state index contributed by atoms with van der Waals surface area (Å²) in [5.74, 6) is -0.156. The molecule has 1 fully saturated rings. The zero-order chi connectivity index (χ0) is 16.4. The summed E-state index contributed by atoms with van der Waals surface area (Å²) in [6.07, 6.45) is -0.139. The van der Waals surface area contributed by atoms with Crippen molar-refractivity contribution < 1.29 is 9.53 Å². The minimum absolute atomic E-state index is 0.0488. The Kier molecular flexibility index (Phi) is 4.65. The molecule has 1 aliphatic heterocycles. The maximum atomic E-state index is 12.9. The van der Waals surface area contributed by atoms with Gasteiger partial charge in [0.25, 0.3) is 0 Å². The second kappa shape index (κ2) is 6.69. The van der Waals surface area contributed by atoms with E-state index in [-0.39, 0.29) is 24.0 Å². The molecular weight excluding hydrogens is 353 g/mol. The first-order valence-electron chi connectivity index (χ1n) is 7.73. The summed E-state index contributed by atoms with van der Waals surface area (Å²) < 4.78 is 6.50. The van der Waals surface area contributed by atoms with Crippen molar-refractivity contribution in [2.75, 3.05) is 0 Å². The number of hydrogen-bond donors (Lipinski definition) is 0. The van der Waals surface area contributed by atoms with Crippen molar-refractivity contribution in [2.24, 2.45) is 0 Å². The third-order valence-corrected chi connectivity index (χ3v) is 4.92. The first-order valence-corrected chi connectivity index (χ1v) is 8.59. The normalized spacial score (nSPS) is 21.8. The van der Waals surface area contributed by atoms with Gasteiger partial charge < -0.3 is 0 Å². The summed E-state index contributed by atoms with van der Waals surface area (Å²) in [5, 5.41) is 0. The van der Waals surface area contributed by atoms with Gasteiger partial charge in [-0.1, -0.05) is 0 Å². The Morgan fingerprint density at radius 3 is 2.26 bits per heavy atom. The Balaban J connectivity index is 1.83. The van der Waals surface area contributed by atoms with Crippen LogP contribution in [-0.2, 0) is 9.53 Å². The number of rotatable bonds is 3. The summed E-state index contributed by atoms with van der Waals surface area (Å²) in [5.41, 5.74) is 2.09. The number of hydrogen-bond acceptors (Lipinski definition) is 2. The van der Waals surface area contributed by atoms with Gasteiger partial charge in [-0.3, -0.25) is 0 Å². The molecule has 0 spiro atoms. The van der Waals surface area contributed by atoms with E-state index in [1.165, 1.54) is 0 Å². The Morgan fingerprint density at radius 2 is 1.65 bits per heavy atom. The average Bonchev–Trinajstić information content (AvgIpc) is 2.89. The van der Waals surface area contributed by atoms with Gasteiger partial charge in [0, 0.05) is 0 Å². The predicted molar refractivity (Wildman–Crippen MR) is 92.2 cm³/mol. The van der Waals surface area contributed by atoms with Crippen molar-refractivity contribution >= 4 is 26.2 Å². The van der Waals surface area contributed by atoms with E-state index < -0.39 is 0 Å². The number of carbonyl (C=O) groups excluding carboxylic acids is 1. The van der Waals surface area contributed by atoms with Crippen LogP contribution in [0.1, 0.15) is 37.0 Å². The molecule has 3 rings (SSSR count). The number of ether oxygens (including phenoxy) is 1. The van der Waals surface area contributed by atoms with Crippen LogP contribution in [0.25, 0.3) is 0 Å². The molecule has 1 amide bonds. The van der Waals surface area contributed by atoms with E-state index in [9.17, 15) is 4.79 Å². The van der Waals surface area contributed by atoms with Crippen molar-refractivity contribution in [1.29, 1.82) is 0 Å². The second-order valence-corrected chi connectivity index (χ2v) is 6.53. The number of carbonyl (C=O) groups is 1. The molecule has 0 N–H and O–H groups in total. The summed E-state index contributed by atoms with van der Waals surface area (Å²) in [7, 11) is 0. The predicted octanol–water partition coefficient (Wildman–Crippen LogP) is 3.03. The Morgan fingerprint density at radius 1 is 1.09 bits per heavy atom. The van der Waals surface area contributed by atoms with Crippen LogP contribution in [0, 0.1) is 0 Å². The molecule has 0 aromatic heterocycles. The molecule has 3 nitrogen and oxygen atoms in total. The first kappa shape index (κ1) is 16.0. The van der Waals surface area contributed by atoms with E-state index in [0.29, 0.717) is 4.73 Å². The van der Waals surface area contributed by atoms with Crippen molar-refractivity contribution in [3.8, 4) is 0 Å². The van der Waals surface area contributed by atoms with E-state index in [0.717, 1.165) is 11.1 Å². The molecule has 1 aliphatic rings. The maximum absolute atomic E-state index is 12.9. The Bertz CT molecular complexity index is 702. The molecule has 1 saturated heterocycles. The Hall–Kier alpha value is -1.90. The standard InChI is InChI=1S/C19H19NO2Se/c1-13(15-9-5-3-6-10-15)18(21)20-14(2)17(22-19(20)23)16-11-7-4-8-12-16/h3-14,17H,1-2H3/t13?,14-,17-/m1/s1. The molecule has 0 radical (unpaired) electrons.